The van der Waals surface area contributed by atoms with Gasteiger partial charge in [0.1, 0.15) is 6.29 Å². The van der Waals surface area contributed by atoms with E-state index in [0.717, 1.165) is 11.8 Å². The summed E-state index contributed by atoms with van der Waals surface area (Å²) < 4.78 is 26.9. The lowest BCUT2D eigenvalue weighted by Gasteiger charge is -2.35. The van der Waals surface area contributed by atoms with E-state index in [1.807, 2.05) is 37.3 Å². The van der Waals surface area contributed by atoms with Gasteiger partial charge in [0.2, 0.25) is 10.0 Å². The Morgan fingerprint density at radius 3 is 2.04 bits per heavy atom. The first-order valence-corrected chi connectivity index (χ1v) is 9.41. The molecule has 0 aliphatic rings. The molecule has 1 atom stereocenters. The molecule has 0 spiro atoms. The lowest BCUT2D eigenvalue weighted by molar-refractivity contribution is -0.109. The second kappa shape index (κ2) is 7.73. The number of rotatable bonds is 8. The molecular formula is C19H23NO3S. The van der Waals surface area contributed by atoms with Gasteiger partial charge in [0.15, 0.2) is 0 Å². The number of hydrogen-bond acceptors (Lipinski definition) is 3. The van der Waals surface area contributed by atoms with E-state index in [0.29, 0.717) is 6.42 Å². The van der Waals surface area contributed by atoms with Crippen LogP contribution in [0.3, 0.4) is 0 Å². The molecule has 2 aromatic carbocycles. The summed E-state index contributed by atoms with van der Waals surface area (Å²) in [5.41, 5.74) is 0.453. The number of nitrogens with zero attached hydrogens (tertiary/aromatic N) is 1. The van der Waals surface area contributed by atoms with E-state index in [1.165, 1.54) is 4.31 Å². The van der Waals surface area contributed by atoms with Gasteiger partial charge in [-0.15, -0.1) is 0 Å². The van der Waals surface area contributed by atoms with Crippen molar-refractivity contribution in [2.75, 3.05) is 13.6 Å². The first-order valence-electron chi connectivity index (χ1n) is 7.97. The van der Waals surface area contributed by atoms with Crippen LogP contribution in [0.25, 0.3) is 0 Å². The monoisotopic (exact) mass is 345 g/mol. The topological polar surface area (TPSA) is 54.5 Å². The van der Waals surface area contributed by atoms with E-state index in [4.69, 9.17) is 0 Å². The minimum absolute atomic E-state index is 0.253. The van der Waals surface area contributed by atoms with Crippen LogP contribution >= 0.6 is 0 Å². The second-order valence-corrected chi connectivity index (χ2v) is 7.99. The molecule has 0 radical (unpaired) electrons. The lowest BCUT2D eigenvalue weighted by Crippen LogP contribution is -2.42. The number of benzene rings is 2. The molecule has 0 fully saturated rings. The lowest BCUT2D eigenvalue weighted by atomic mass is 9.75. The van der Waals surface area contributed by atoms with E-state index in [-0.39, 0.29) is 17.9 Å². The van der Waals surface area contributed by atoms with Crippen molar-refractivity contribution in [3.63, 3.8) is 0 Å². The minimum atomic E-state index is -3.59. The Morgan fingerprint density at radius 2 is 1.54 bits per heavy atom. The van der Waals surface area contributed by atoms with Crippen molar-refractivity contribution < 1.29 is 13.2 Å². The van der Waals surface area contributed by atoms with Crippen LogP contribution in [0, 0.1) is 0 Å². The van der Waals surface area contributed by atoms with Crippen molar-refractivity contribution in [1.82, 2.24) is 4.31 Å². The second-order valence-electron chi connectivity index (χ2n) is 5.94. The smallest absolute Gasteiger partial charge is 0.242 e. The zero-order valence-corrected chi connectivity index (χ0v) is 14.9. The fraction of sp³-hybridized carbons (Fsp3) is 0.316. The van der Waals surface area contributed by atoms with E-state index in [2.05, 4.69) is 0 Å². The maximum atomic E-state index is 12.8. The molecule has 0 saturated heterocycles. The molecule has 2 rings (SSSR count). The first kappa shape index (κ1) is 18.4. The highest BCUT2D eigenvalue weighted by Gasteiger charge is 2.35. The van der Waals surface area contributed by atoms with Gasteiger partial charge >= 0.3 is 0 Å². The predicted octanol–water partition coefficient (Wildman–Crippen LogP) is 3.24. The summed E-state index contributed by atoms with van der Waals surface area (Å²) in [5, 5.41) is 0. The number of sulfonamides is 1. The summed E-state index contributed by atoms with van der Waals surface area (Å²) in [6.07, 6.45) is 1.83. The van der Waals surface area contributed by atoms with Crippen LogP contribution in [0.2, 0.25) is 0 Å². The number of carbonyl (C=O) groups excluding carboxylic acids is 1. The average Bonchev–Trinajstić information content (AvgIpc) is 2.62. The van der Waals surface area contributed by atoms with Crippen LogP contribution in [0.1, 0.15) is 25.3 Å². The number of carbonyl (C=O) groups is 1. The molecule has 0 N–H and O–H groups in total. The summed E-state index contributed by atoms with van der Waals surface area (Å²) in [6, 6.07) is 18.0. The highest BCUT2D eigenvalue weighted by Crippen LogP contribution is 2.33. The van der Waals surface area contributed by atoms with E-state index >= 15 is 0 Å². The van der Waals surface area contributed by atoms with Crippen molar-refractivity contribution in [3.8, 4) is 0 Å². The largest absolute Gasteiger partial charge is 0.303 e. The van der Waals surface area contributed by atoms with Crippen molar-refractivity contribution >= 4 is 16.3 Å². The molecular weight excluding hydrogens is 322 g/mol. The summed E-state index contributed by atoms with van der Waals surface area (Å²) in [6.45, 7) is 2.24. The number of aldehydes is 1. The maximum Gasteiger partial charge on any atom is 0.242 e. The van der Waals surface area contributed by atoms with Crippen LogP contribution in [-0.4, -0.2) is 32.6 Å². The Balaban J connectivity index is 2.38. The summed E-state index contributed by atoms with van der Waals surface area (Å²) in [7, 11) is -2.02. The molecule has 5 heteroatoms. The average molecular weight is 345 g/mol. The zero-order valence-electron chi connectivity index (χ0n) is 14.1. The number of hydrogen-bond donors (Lipinski definition) is 0. The predicted molar refractivity (Wildman–Crippen MR) is 95.3 cm³/mol. The van der Waals surface area contributed by atoms with Crippen molar-refractivity contribution in [2.24, 2.45) is 0 Å². The van der Waals surface area contributed by atoms with Crippen LogP contribution in [0.5, 0.6) is 0 Å². The first-order chi connectivity index (χ1) is 11.5. The standard InChI is InChI=1S/C19H23NO3S/c1-3-19(14-15-21,17-10-6-4-7-11-17)16-20(2)24(22,23)18-12-8-5-9-13-18/h4-13,15H,3,14,16H2,1-2H3. The molecule has 0 aromatic heterocycles. The van der Waals surface area contributed by atoms with E-state index < -0.39 is 15.4 Å². The van der Waals surface area contributed by atoms with Gasteiger partial charge in [0.25, 0.3) is 0 Å². The van der Waals surface area contributed by atoms with Crippen LogP contribution < -0.4 is 0 Å². The minimum Gasteiger partial charge on any atom is -0.303 e. The van der Waals surface area contributed by atoms with Crippen molar-refractivity contribution in [3.05, 3.63) is 66.2 Å². The molecule has 4 nitrogen and oxygen atoms in total. The molecule has 2 aromatic rings. The van der Waals surface area contributed by atoms with E-state index in [1.54, 1.807) is 37.4 Å². The van der Waals surface area contributed by atoms with Gasteiger partial charge in [0, 0.05) is 25.4 Å². The Bertz CT molecular complexity index is 760. The van der Waals surface area contributed by atoms with Crippen molar-refractivity contribution in [1.29, 1.82) is 0 Å². The fourth-order valence-electron chi connectivity index (χ4n) is 2.97. The molecule has 0 saturated carbocycles. The zero-order chi connectivity index (χ0) is 17.6. The molecule has 24 heavy (non-hydrogen) atoms. The Kier molecular flexibility index (Phi) is 5.91. The number of likely N-dealkylation sites (N-methyl/N-ethyl adjacent to an activating group) is 1. The van der Waals surface area contributed by atoms with Gasteiger partial charge in [-0.1, -0.05) is 55.5 Å². The fourth-order valence-corrected chi connectivity index (χ4v) is 4.25. The molecule has 128 valence electrons. The molecule has 0 amide bonds. The normalized spacial score (nSPS) is 14.3. The summed E-state index contributed by atoms with van der Waals surface area (Å²) in [4.78, 5) is 11.5. The SMILES string of the molecule is CCC(CC=O)(CN(C)S(=O)(=O)c1ccccc1)c1ccccc1. The van der Waals surface area contributed by atoms with Crippen molar-refractivity contribution in [2.45, 2.75) is 30.1 Å². The molecule has 0 aliphatic carbocycles. The Labute approximate surface area is 144 Å². The highest BCUT2D eigenvalue weighted by molar-refractivity contribution is 7.89. The third-order valence-electron chi connectivity index (χ3n) is 4.51. The highest BCUT2D eigenvalue weighted by atomic mass is 32.2. The quantitative estimate of drug-likeness (QED) is 0.690. The summed E-state index contributed by atoms with van der Waals surface area (Å²) >= 11 is 0. The van der Waals surface area contributed by atoms with E-state index in [9.17, 15) is 13.2 Å². The van der Waals surface area contributed by atoms with Gasteiger partial charge in [-0.3, -0.25) is 0 Å². The third kappa shape index (κ3) is 3.74. The van der Waals surface area contributed by atoms with Gasteiger partial charge < -0.3 is 4.79 Å². The molecule has 0 aliphatic heterocycles. The Hall–Kier alpha value is -1.98. The van der Waals surface area contributed by atoms with Gasteiger partial charge in [-0.25, -0.2) is 12.7 Å². The van der Waals surface area contributed by atoms with Gasteiger partial charge in [-0.2, -0.15) is 0 Å². The van der Waals surface area contributed by atoms with Gasteiger partial charge in [-0.05, 0) is 24.1 Å². The molecule has 1 unspecified atom stereocenters. The summed E-state index contributed by atoms with van der Waals surface area (Å²) in [5.74, 6) is 0. The maximum absolute atomic E-state index is 12.8. The van der Waals surface area contributed by atoms with Crippen LogP contribution in [-0.2, 0) is 20.2 Å². The third-order valence-corrected chi connectivity index (χ3v) is 6.33. The van der Waals surface area contributed by atoms with Crippen LogP contribution in [0.15, 0.2) is 65.6 Å². The van der Waals surface area contributed by atoms with Crippen LogP contribution in [0.4, 0.5) is 0 Å². The molecule has 0 heterocycles. The Morgan fingerprint density at radius 1 is 1.00 bits per heavy atom. The van der Waals surface area contributed by atoms with Gasteiger partial charge in [0.05, 0.1) is 4.90 Å². The molecule has 0 bridgehead atoms.